The van der Waals surface area contributed by atoms with Gasteiger partial charge in [-0.05, 0) is 68.4 Å². The topological polar surface area (TPSA) is 103 Å². The molecule has 11 nitrogen and oxygen atoms in total. The van der Waals surface area contributed by atoms with Crippen LogP contribution in [0.5, 0.6) is 5.75 Å². The van der Waals surface area contributed by atoms with Gasteiger partial charge in [-0.15, -0.1) is 5.10 Å². The van der Waals surface area contributed by atoms with Crippen molar-refractivity contribution in [1.29, 1.82) is 0 Å². The lowest BCUT2D eigenvalue weighted by molar-refractivity contribution is 0.102. The molecule has 6 rings (SSSR count). The molecule has 0 saturated carbocycles. The molecule has 1 fully saturated rings. The van der Waals surface area contributed by atoms with E-state index >= 15 is 0 Å². The molecular formula is C35H39N7O4. The summed E-state index contributed by atoms with van der Waals surface area (Å²) in [5.41, 5.74) is 4.55. The summed E-state index contributed by atoms with van der Waals surface area (Å²) in [6.45, 7) is 8.61. The van der Waals surface area contributed by atoms with Crippen LogP contribution in [0.2, 0.25) is 0 Å². The molecule has 0 atom stereocenters. The van der Waals surface area contributed by atoms with Crippen LogP contribution in [0.25, 0.3) is 0 Å². The fourth-order valence-electron chi connectivity index (χ4n) is 5.98. The summed E-state index contributed by atoms with van der Waals surface area (Å²) in [5.74, 6) is 0.230. The molecule has 0 spiro atoms. The van der Waals surface area contributed by atoms with E-state index < -0.39 is 6.09 Å². The van der Waals surface area contributed by atoms with Crippen LogP contribution in [0.15, 0.2) is 78.9 Å². The minimum atomic E-state index is -0.725. The number of urea groups is 1. The van der Waals surface area contributed by atoms with Gasteiger partial charge in [0.25, 0.3) is 5.91 Å². The summed E-state index contributed by atoms with van der Waals surface area (Å²) < 4.78 is 6.75. The van der Waals surface area contributed by atoms with Crippen LogP contribution in [-0.2, 0) is 19.5 Å². The van der Waals surface area contributed by atoms with Crippen molar-refractivity contribution in [1.82, 2.24) is 19.6 Å². The molecule has 11 heteroatoms. The van der Waals surface area contributed by atoms with E-state index in [9.17, 15) is 14.4 Å². The molecule has 4 aromatic rings. The number of hydrogen-bond acceptors (Lipinski definition) is 7. The molecule has 0 aliphatic carbocycles. The summed E-state index contributed by atoms with van der Waals surface area (Å²) in [6, 6.07) is 23.9. The molecule has 238 valence electrons. The number of aryl methyl sites for hydroxylation is 1. The number of carbonyl (C=O) groups excluding carboxylic acids is 3. The van der Waals surface area contributed by atoms with E-state index in [1.165, 1.54) is 0 Å². The average Bonchev–Trinajstić information content (AvgIpc) is 3.66. The molecule has 0 radical (unpaired) electrons. The van der Waals surface area contributed by atoms with E-state index in [0.29, 0.717) is 29.1 Å². The van der Waals surface area contributed by atoms with Crippen LogP contribution in [-0.4, -0.2) is 77.4 Å². The van der Waals surface area contributed by atoms with E-state index in [4.69, 9.17) is 4.74 Å². The van der Waals surface area contributed by atoms with Gasteiger partial charge in [-0.2, -0.15) is 4.68 Å². The van der Waals surface area contributed by atoms with Crippen molar-refractivity contribution in [2.45, 2.75) is 33.4 Å². The SMILES string of the molecule is CCc1ccccc1N(CC)C(=O)N1Cc2c(NC(=O)c3ccc(N4CCN(C)CC4)cc3)nn(C(=O)Oc3ccccc3)c2C1. The quantitative estimate of drug-likeness (QED) is 0.292. The number of aromatic nitrogens is 2. The highest BCUT2D eigenvalue weighted by Gasteiger charge is 2.36. The van der Waals surface area contributed by atoms with Crippen LogP contribution in [0.1, 0.15) is 41.0 Å². The number of para-hydroxylation sites is 2. The zero-order chi connectivity index (χ0) is 32.2. The number of hydrogen-bond donors (Lipinski definition) is 1. The maximum absolute atomic E-state index is 13.9. The Morgan fingerprint density at radius 2 is 1.57 bits per heavy atom. The van der Waals surface area contributed by atoms with Gasteiger partial charge >= 0.3 is 12.1 Å². The van der Waals surface area contributed by atoms with Crippen molar-refractivity contribution in [3.8, 4) is 5.75 Å². The highest BCUT2D eigenvalue weighted by atomic mass is 16.6. The number of benzene rings is 3. The van der Waals surface area contributed by atoms with Crippen LogP contribution in [0, 0.1) is 0 Å². The molecule has 3 aromatic carbocycles. The van der Waals surface area contributed by atoms with E-state index in [1.54, 1.807) is 46.2 Å². The summed E-state index contributed by atoms with van der Waals surface area (Å²) in [6.07, 6.45) is 0.0601. The standard InChI is InChI=1S/C35H39N7O4/c1-4-25-11-9-10-14-30(25)41(5-2)34(44)40-23-29-31(24-40)42(35(45)46-28-12-7-6-8-13-28)37-32(29)36-33(43)26-15-17-27(18-16-26)39-21-19-38(3)20-22-39/h6-18H,4-5,19-24H2,1-3H3,(H,36,37,43). The first-order chi connectivity index (χ1) is 22.4. The van der Waals surface area contributed by atoms with Gasteiger partial charge in [-0.3, -0.25) is 9.69 Å². The van der Waals surface area contributed by atoms with E-state index in [-0.39, 0.29) is 30.8 Å². The van der Waals surface area contributed by atoms with Crippen molar-refractivity contribution in [3.05, 3.63) is 101 Å². The van der Waals surface area contributed by atoms with E-state index in [1.807, 2.05) is 49.4 Å². The van der Waals surface area contributed by atoms with Gasteiger partial charge < -0.3 is 24.8 Å². The van der Waals surface area contributed by atoms with Crippen molar-refractivity contribution in [2.75, 3.05) is 54.9 Å². The van der Waals surface area contributed by atoms with Crippen molar-refractivity contribution in [3.63, 3.8) is 0 Å². The predicted molar refractivity (Wildman–Crippen MR) is 178 cm³/mol. The maximum atomic E-state index is 13.9. The van der Waals surface area contributed by atoms with Gasteiger partial charge in [0.15, 0.2) is 5.82 Å². The van der Waals surface area contributed by atoms with Crippen LogP contribution >= 0.6 is 0 Å². The third-order valence-electron chi connectivity index (χ3n) is 8.61. The summed E-state index contributed by atoms with van der Waals surface area (Å²) in [5, 5.41) is 7.39. The average molecular weight is 622 g/mol. The van der Waals surface area contributed by atoms with Crippen LogP contribution in [0.3, 0.4) is 0 Å². The third kappa shape index (κ3) is 6.32. The third-order valence-corrected chi connectivity index (χ3v) is 8.61. The van der Waals surface area contributed by atoms with E-state index in [2.05, 4.69) is 34.2 Å². The lowest BCUT2D eigenvalue weighted by Crippen LogP contribution is -2.44. The molecule has 2 aliphatic rings. The fourth-order valence-corrected chi connectivity index (χ4v) is 5.98. The highest BCUT2D eigenvalue weighted by Crippen LogP contribution is 2.32. The second-order valence-corrected chi connectivity index (χ2v) is 11.5. The van der Waals surface area contributed by atoms with Crippen molar-refractivity contribution in [2.24, 2.45) is 0 Å². The van der Waals surface area contributed by atoms with Crippen LogP contribution in [0.4, 0.5) is 26.8 Å². The van der Waals surface area contributed by atoms with E-state index in [0.717, 1.165) is 54.2 Å². The molecular weight excluding hydrogens is 582 g/mol. The first-order valence-corrected chi connectivity index (χ1v) is 15.7. The molecule has 1 N–H and O–H groups in total. The number of piperazine rings is 1. The lowest BCUT2D eigenvalue weighted by Gasteiger charge is -2.34. The van der Waals surface area contributed by atoms with Crippen LogP contribution < -0.4 is 19.9 Å². The van der Waals surface area contributed by atoms with Gasteiger partial charge in [0, 0.05) is 55.2 Å². The van der Waals surface area contributed by atoms with Crippen molar-refractivity contribution >= 4 is 35.2 Å². The maximum Gasteiger partial charge on any atom is 0.440 e. The first-order valence-electron chi connectivity index (χ1n) is 15.7. The van der Waals surface area contributed by atoms with Gasteiger partial charge in [0.05, 0.1) is 18.8 Å². The molecule has 0 bridgehead atoms. The first kappa shape index (κ1) is 30.8. The molecule has 46 heavy (non-hydrogen) atoms. The number of rotatable bonds is 7. The highest BCUT2D eigenvalue weighted by molar-refractivity contribution is 6.04. The molecule has 1 saturated heterocycles. The number of ether oxygens (including phenoxy) is 1. The summed E-state index contributed by atoms with van der Waals surface area (Å²) in [4.78, 5) is 48.8. The number of likely N-dealkylation sites (N-methyl/N-ethyl adjacent to an activating group) is 1. The Morgan fingerprint density at radius 3 is 2.26 bits per heavy atom. The number of fused-ring (bicyclic) bond motifs is 1. The smallest absolute Gasteiger partial charge is 0.409 e. The Kier molecular flexibility index (Phi) is 9.02. The number of carbonyl (C=O) groups is 3. The zero-order valence-corrected chi connectivity index (χ0v) is 26.5. The van der Waals surface area contributed by atoms with Gasteiger partial charge in [-0.25, -0.2) is 9.59 Å². The Hall–Kier alpha value is -5.16. The Labute approximate surface area is 268 Å². The Balaban J connectivity index is 1.25. The summed E-state index contributed by atoms with van der Waals surface area (Å²) in [7, 11) is 2.12. The minimum Gasteiger partial charge on any atom is -0.409 e. The predicted octanol–water partition coefficient (Wildman–Crippen LogP) is 5.46. The number of nitrogens with zero attached hydrogens (tertiary/aromatic N) is 6. The fraction of sp³-hybridized carbons (Fsp3) is 0.314. The summed E-state index contributed by atoms with van der Waals surface area (Å²) >= 11 is 0. The largest absolute Gasteiger partial charge is 0.440 e. The zero-order valence-electron chi connectivity index (χ0n) is 26.5. The minimum absolute atomic E-state index is 0.130. The monoisotopic (exact) mass is 621 g/mol. The molecule has 3 heterocycles. The number of amides is 3. The number of nitrogens with one attached hydrogen (secondary N) is 1. The lowest BCUT2D eigenvalue weighted by atomic mass is 10.1. The second kappa shape index (κ2) is 13.5. The normalized spacial score (nSPS) is 14.6. The number of anilines is 3. The van der Waals surface area contributed by atoms with Crippen molar-refractivity contribution < 1.29 is 19.1 Å². The molecule has 0 unspecified atom stereocenters. The molecule has 3 amide bonds. The molecule has 1 aromatic heterocycles. The Bertz CT molecular complexity index is 1710. The van der Waals surface area contributed by atoms with Gasteiger partial charge in [0.2, 0.25) is 0 Å². The molecule has 2 aliphatic heterocycles. The van der Waals surface area contributed by atoms with Gasteiger partial charge in [-0.1, -0.05) is 43.3 Å². The Morgan fingerprint density at radius 1 is 0.870 bits per heavy atom. The second-order valence-electron chi connectivity index (χ2n) is 11.5. The van der Waals surface area contributed by atoms with Gasteiger partial charge in [0.1, 0.15) is 5.75 Å².